The van der Waals surface area contributed by atoms with Crippen molar-refractivity contribution in [1.82, 2.24) is 9.62 Å². The van der Waals surface area contributed by atoms with Gasteiger partial charge in [-0.05, 0) is 42.9 Å². The molecule has 1 aromatic rings. The molecule has 0 bridgehead atoms. The summed E-state index contributed by atoms with van der Waals surface area (Å²) in [5.74, 6) is 0.292. The first kappa shape index (κ1) is 24.4. The number of rotatable bonds is 10. The number of nitrogens with one attached hydrogen (secondary N) is 1. The number of halogens is 2. The van der Waals surface area contributed by atoms with E-state index >= 15 is 0 Å². The third kappa shape index (κ3) is 7.42. The van der Waals surface area contributed by atoms with E-state index in [-0.39, 0.29) is 17.6 Å². The van der Waals surface area contributed by atoms with E-state index in [0.29, 0.717) is 54.0 Å². The maximum atomic E-state index is 12.8. The number of sulfonamides is 1. The van der Waals surface area contributed by atoms with Crippen molar-refractivity contribution in [1.29, 1.82) is 0 Å². The Kier molecular flexibility index (Phi) is 9.73. The molecule has 0 saturated carbocycles. The first-order valence-corrected chi connectivity index (χ1v) is 12.8. The Balaban J connectivity index is 1.84. The SMILES string of the molecule is CCCC[C@@H](CC)CNC(=O)C1CCN(S(=O)(=O)Cc2ccc(Cl)cc2Cl)CC1. The molecule has 1 saturated heterocycles. The number of unbranched alkanes of at least 4 members (excludes halogenated alkanes) is 1. The molecule has 29 heavy (non-hydrogen) atoms. The van der Waals surface area contributed by atoms with Gasteiger partial charge in [-0.1, -0.05) is 62.4 Å². The first-order valence-electron chi connectivity index (χ1n) is 10.5. The molecule has 0 unspecified atom stereocenters. The molecular formula is C21H32Cl2N2O3S. The van der Waals surface area contributed by atoms with E-state index in [1.165, 1.54) is 17.1 Å². The summed E-state index contributed by atoms with van der Waals surface area (Å²) in [5, 5.41) is 3.91. The molecule has 164 valence electrons. The van der Waals surface area contributed by atoms with E-state index in [4.69, 9.17) is 23.2 Å². The van der Waals surface area contributed by atoms with E-state index < -0.39 is 10.0 Å². The van der Waals surface area contributed by atoms with Crippen molar-refractivity contribution in [3.05, 3.63) is 33.8 Å². The number of carbonyl (C=O) groups is 1. The molecule has 1 aliphatic heterocycles. The number of piperidine rings is 1. The Bertz CT molecular complexity index is 778. The third-order valence-electron chi connectivity index (χ3n) is 5.68. The van der Waals surface area contributed by atoms with Gasteiger partial charge in [0.15, 0.2) is 0 Å². The van der Waals surface area contributed by atoms with Gasteiger partial charge < -0.3 is 5.32 Å². The van der Waals surface area contributed by atoms with E-state index in [2.05, 4.69) is 19.2 Å². The van der Waals surface area contributed by atoms with Crippen molar-refractivity contribution in [2.24, 2.45) is 11.8 Å². The molecule has 0 aromatic heterocycles. The van der Waals surface area contributed by atoms with Crippen LogP contribution in [0.25, 0.3) is 0 Å². The first-order chi connectivity index (χ1) is 13.8. The van der Waals surface area contributed by atoms with Crippen LogP contribution in [-0.2, 0) is 20.6 Å². The van der Waals surface area contributed by atoms with Gasteiger partial charge in [0.25, 0.3) is 0 Å². The summed E-state index contributed by atoms with van der Waals surface area (Å²) >= 11 is 12.0. The highest BCUT2D eigenvalue weighted by molar-refractivity contribution is 7.88. The summed E-state index contributed by atoms with van der Waals surface area (Å²) in [6.45, 7) is 5.76. The number of nitrogens with zero attached hydrogens (tertiary/aromatic N) is 1. The molecular weight excluding hydrogens is 431 g/mol. The Morgan fingerprint density at radius 1 is 1.24 bits per heavy atom. The largest absolute Gasteiger partial charge is 0.356 e. The normalized spacial score (nSPS) is 17.2. The van der Waals surface area contributed by atoms with Gasteiger partial charge in [-0.25, -0.2) is 12.7 Å². The Morgan fingerprint density at radius 3 is 2.52 bits per heavy atom. The van der Waals surface area contributed by atoms with Gasteiger partial charge in [0, 0.05) is 35.6 Å². The summed E-state index contributed by atoms with van der Waals surface area (Å²) in [5.41, 5.74) is 0.536. The average Bonchev–Trinajstić information content (AvgIpc) is 2.70. The van der Waals surface area contributed by atoms with Crippen LogP contribution in [0.1, 0.15) is 57.9 Å². The van der Waals surface area contributed by atoms with Gasteiger partial charge in [-0.2, -0.15) is 0 Å². The smallest absolute Gasteiger partial charge is 0.223 e. The highest BCUT2D eigenvalue weighted by Gasteiger charge is 2.31. The van der Waals surface area contributed by atoms with Gasteiger partial charge in [0.1, 0.15) is 0 Å². The fourth-order valence-electron chi connectivity index (χ4n) is 3.66. The second kappa shape index (κ2) is 11.5. The Hall–Kier alpha value is -0.820. The average molecular weight is 463 g/mol. The van der Waals surface area contributed by atoms with Gasteiger partial charge in [0.05, 0.1) is 5.75 Å². The molecule has 0 aliphatic carbocycles. The highest BCUT2D eigenvalue weighted by Crippen LogP contribution is 2.26. The maximum Gasteiger partial charge on any atom is 0.223 e. The highest BCUT2D eigenvalue weighted by atomic mass is 35.5. The minimum Gasteiger partial charge on any atom is -0.356 e. The summed E-state index contributed by atoms with van der Waals surface area (Å²) < 4.78 is 27.0. The quantitative estimate of drug-likeness (QED) is 0.539. The molecule has 1 fully saturated rings. The number of carbonyl (C=O) groups excluding carboxylic acids is 1. The second-order valence-corrected chi connectivity index (χ2v) is 10.6. The lowest BCUT2D eigenvalue weighted by atomic mass is 9.95. The summed E-state index contributed by atoms with van der Waals surface area (Å²) in [6.07, 6.45) is 5.64. The second-order valence-electron chi connectivity index (χ2n) is 7.83. The Labute approximate surface area is 185 Å². The summed E-state index contributed by atoms with van der Waals surface area (Å²) in [4.78, 5) is 12.5. The summed E-state index contributed by atoms with van der Waals surface area (Å²) in [7, 11) is -3.49. The fourth-order valence-corrected chi connectivity index (χ4v) is 5.80. The van der Waals surface area contributed by atoms with Gasteiger partial charge >= 0.3 is 0 Å². The van der Waals surface area contributed by atoms with Crippen LogP contribution in [0.4, 0.5) is 0 Å². The zero-order valence-electron chi connectivity index (χ0n) is 17.3. The molecule has 2 rings (SSSR count). The topological polar surface area (TPSA) is 66.5 Å². The molecule has 5 nitrogen and oxygen atoms in total. The van der Waals surface area contributed by atoms with Gasteiger partial charge in [0.2, 0.25) is 15.9 Å². The minimum absolute atomic E-state index is 0.0535. The van der Waals surface area contributed by atoms with Crippen LogP contribution in [0, 0.1) is 11.8 Å². The lowest BCUT2D eigenvalue weighted by Crippen LogP contribution is -2.44. The fraction of sp³-hybridized carbons (Fsp3) is 0.667. The van der Waals surface area contributed by atoms with Crippen molar-refractivity contribution in [3.63, 3.8) is 0 Å². The minimum atomic E-state index is -3.49. The van der Waals surface area contributed by atoms with Crippen LogP contribution in [0.5, 0.6) is 0 Å². The molecule has 0 radical (unpaired) electrons. The van der Waals surface area contributed by atoms with E-state index in [9.17, 15) is 13.2 Å². The molecule has 1 amide bonds. The van der Waals surface area contributed by atoms with Gasteiger partial charge in [-0.15, -0.1) is 0 Å². The van der Waals surface area contributed by atoms with Crippen LogP contribution >= 0.6 is 23.2 Å². The molecule has 1 aromatic carbocycles. The van der Waals surface area contributed by atoms with Crippen LogP contribution < -0.4 is 5.32 Å². The van der Waals surface area contributed by atoms with Crippen molar-refractivity contribution in [2.75, 3.05) is 19.6 Å². The predicted octanol–water partition coefficient (Wildman–Crippen LogP) is 4.87. The van der Waals surface area contributed by atoms with Crippen LogP contribution in [0.2, 0.25) is 10.0 Å². The molecule has 1 aliphatic rings. The van der Waals surface area contributed by atoms with Gasteiger partial charge in [-0.3, -0.25) is 4.79 Å². The molecule has 1 N–H and O–H groups in total. The van der Waals surface area contributed by atoms with Crippen molar-refractivity contribution < 1.29 is 13.2 Å². The number of amides is 1. The zero-order chi connectivity index (χ0) is 21.4. The molecule has 0 spiro atoms. The molecule has 1 heterocycles. The third-order valence-corrected chi connectivity index (χ3v) is 8.09. The van der Waals surface area contributed by atoms with Crippen LogP contribution in [-0.4, -0.2) is 38.3 Å². The van der Waals surface area contributed by atoms with Crippen LogP contribution in [0.15, 0.2) is 18.2 Å². The molecule has 1 atom stereocenters. The maximum absolute atomic E-state index is 12.8. The lowest BCUT2D eigenvalue weighted by Gasteiger charge is -2.31. The monoisotopic (exact) mass is 462 g/mol. The zero-order valence-corrected chi connectivity index (χ0v) is 19.6. The predicted molar refractivity (Wildman–Crippen MR) is 120 cm³/mol. The van der Waals surface area contributed by atoms with Crippen molar-refractivity contribution in [2.45, 2.75) is 58.1 Å². The Morgan fingerprint density at radius 2 is 1.93 bits per heavy atom. The van der Waals surface area contributed by atoms with E-state index in [1.807, 2.05) is 0 Å². The van der Waals surface area contributed by atoms with Crippen LogP contribution in [0.3, 0.4) is 0 Å². The number of hydrogen-bond donors (Lipinski definition) is 1. The standard InChI is InChI=1S/C21H32Cl2N2O3S/c1-3-5-6-16(4-2)14-24-21(26)17-9-11-25(12-10-17)29(27,28)15-18-7-8-19(22)13-20(18)23/h7-8,13,16-17H,3-6,9-12,14-15H2,1-2H3,(H,24,26)/t16-/m1/s1. The number of hydrogen-bond acceptors (Lipinski definition) is 3. The molecule has 8 heteroatoms. The van der Waals surface area contributed by atoms with E-state index in [0.717, 1.165) is 12.8 Å². The summed E-state index contributed by atoms with van der Waals surface area (Å²) in [6, 6.07) is 4.83. The van der Waals surface area contributed by atoms with Crippen molar-refractivity contribution >= 4 is 39.1 Å². The van der Waals surface area contributed by atoms with Crippen molar-refractivity contribution in [3.8, 4) is 0 Å². The van der Waals surface area contributed by atoms with E-state index in [1.54, 1.807) is 18.2 Å². The number of benzene rings is 1. The lowest BCUT2D eigenvalue weighted by molar-refractivity contribution is -0.126.